The van der Waals surface area contributed by atoms with Crippen molar-refractivity contribution in [1.82, 2.24) is 15.5 Å². The summed E-state index contributed by atoms with van der Waals surface area (Å²) in [6.07, 6.45) is 2.28. The van der Waals surface area contributed by atoms with Gasteiger partial charge in [-0.3, -0.25) is 9.89 Å². The highest BCUT2D eigenvalue weighted by atomic mass is 127. The summed E-state index contributed by atoms with van der Waals surface area (Å²) in [5.41, 5.74) is 2.67. The molecule has 0 fully saturated rings. The molecule has 0 amide bonds. The molecule has 0 aromatic heterocycles. The standard InChI is InChI=1S/C23H40N4O3.HI/c1-7-30-20(17(2)3)8-10-25-23(24-4)26-11-13-27-12-9-18-14-21(28-5)22(29-6)15-19(18)16-27;/h14-15,17,20H,7-13,16H2,1-6H3,(H2,24,25,26);1H. The van der Waals surface area contributed by atoms with Gasteiger partial charge in [0, 0.05) is 46.4 Å². The molecule has 0 saturated heterocycles. The van der Waals surface area contributed by atoms with Crippen LogP contribution in [0.25, 0.3) is 0 Å². The zero-order valence-electron chi connectivity index (χ0n) is 20.0. The zero-order chi connectivity index (χ0) is 21.9. The van der Waals surface area contributed by atoms with Gasteiger partial charge in [0.2, 0.25) is 0 Å². The van der Waals surface area contributed by atoms with E-state index in [-0.39, 0.29) is 30.1 Å². The van der Waals surface area contributed by atoms with Crippen LogP contribution in [0.2, 0.25) is 0 Å². The number of aliphatic imine (C=N–C) groups is 1. The first-order chi connectivity index (χ1) is 14.5. The number of nitrogens with zero attached hydrogens (tertiary/aromatic N) is 2. The lowest BCUT2D eigenvalue weighted by molar-refractivity contribution is 0.0258. The Hall–Kier alpha value is -1.26. The molecule has 2 rings (SSSR count). The van der Waals surface area contributed by atoms with Crippen LogP contribution in [0.1, 0.15) is 38.3 Å². The van der Waals surface area contributed by atoms with Gasteiger partial charge in [0.1, 0.15) is 0 Å². The molecule has 1 unspecified atom stereocenters. The molecule has 0 radical (unpaired) electrons. The fourth-order valence-electron chi connectivity index (χ4n) is 3.84. The summed E-state index contributed by atoms with van der Waals surface area (Å²) in [4.78, 5) is 6.80. The highest BCUT2D eigenvalue weighted by molar-refractivity contribution is 14.0. The van der Waals surface area contributed by atoms with Crippen LogP contribution in [0.4, 0.5) is 0 Å². The van der Waals surface area contributed by atoms with Gasteiger partial charge in [0.05, 0.1) is 20.3 Å². The normalized spacial score (nSPS) is 15.1. The lowest BCUT2D eigenvalue weighted by Gasteiger charge is -2.29. The quantitative estimate of drug-likeness (QED) is 0.252. The molecule has 7 nitrogen and oxygen atoms in total. The monoisotopic (exact) mass is 548 g/mol. The predicted octanol–water partition coefficient (Wildman–Crippen LogP) is 3.30. The van der Waals surface area contributed by atoms with Crippen molar-refractivity contribution in [3.63, 3.8) is 0 Å². The Morgan fingerprint density at radius 1 is 1.10 bits per heavy atom. The third-order valence-corrected chi connectivity index (χ3v) is 5.59. The molecule has 0 spiro atoms. The minimum absolute atomic E-state index is 0. The molecule has 1 aliphatic rings. The average Bonchev–Trinajstić information content (AvgIpc) is 2.76. The molecule has 0 aliphatic carbocycles. The molecule has 0 bridgehead atoms. The number of rotatable bonds is 11. The largest absolute Gasteiger partial charge is 0.493 e. The summed E-state index contributed by atoms with van der Waals surface area (Å²) in [5, 5.41) is 6.83. The highest BCUT2D eigenvalue weighted by Crippen LogP contribution is 2.33. The van der Waals surface area contributed by atoms with Crippen LogP contribution in [0.5, 0.6) is 11.5 Å². The molecule has 0 saturated carbocycles. The minimum Gasteiger partial charge on any atom is -0.493 e. The number of methoxy groups -OCH3 is 2. The first kappa shape index (κ1) is 27.8. The third-order valence-electron chi connectivity index (χ3n) is 5.59. The lowest BCUT2D eigenvalue weighted by atomic mass is 9.99. The Morgan fingerprint density at radius 2 is 1.74 bits per heavy atom. The second kappa shape index (κ2) is 14.7. The number of benzene rings is 1. The van der Waals surface area contributed by atoms with Crippen LogP contribution in [-0.2, 0) is 17.7 Å². The predicted molar refractivity (Wildman–Crippen MR) is 138 cm³/mol. The summed E-state index contributed by atoms with van der Waals surface area (Å²) in [6, 6.07) is 4.22. The fraction of sp³-hybridized carbons (Fsp3) is 0.696. The number of hydrogen-bond donors (Lipinski definition) is 2. The molecule has 1 heterocycles. The van der Waals surface area contributed by atoms with E-state index in [2.05, 4.69) is 53.4 Å². The van der Waals surface area contributed by atoms with E-state index < -0.39 is 0 Å². The topological polar surface area (TPSA) is 67.4 Å². The van der Waals surface area contributed by atoms with Gasteiger partial charge in [0.15, 0.2) is 17.5 Å². The Labute approximate surface area is 205 Å². The number of hydrogen-bond acceptors (Lipinski definition) is 5. The van der Waals surface area contributed by atoms with Crippen LogP contribution < -0.4 is 20.1 Å². The number of ether oxygens (including phenoxy) is 3. The van der Waals surface area contributed by atoms with Gasteiger partial charge in [-0.1, -0.05) is 13.8 Å². The third kappa shape index (κ3) is 8.65. The van der Waals surface area contributed by atoms with E-state index >= 15 is 0 Å². The second-order valence-corrected chi connectivity index (χ2v) is 7.95. The maximum atomic E-state index is 5.82. The lowest BCUT2D eigenvalue weighted by Crippen LogP contribution is -2.43. The molecular weight excluding hydrogens is 507 g/mol. The highest BCUT2D eigenvalue weighted by Gasteiger charge is 2.19. The molecule has 1 atom stereocenters. The van der Waals surface area contributed by atoms with Gasteiger partial charge in [0.25, 0.3) is 0 Å². The summed E-state index contributed by atoms with van der Waals surface area (Å²) in [6.45, 7) is 11.8. The summed E-state index contributed by atoms with van der Waals surface area (Å²) < 4.78 is 16.7. The number of fused-ring (bicyclic) bond motifs is 1. The van der Waals surface area contributed by atoms with E-state index in [4.69, 9.17) is 14.2 Å². The van der Waals surface area contributed by atoms with Crippen LogP contribution in [0.15, 0.2) is 17.1 Å². The smallest absolute Gasteiger partial charge is 0.191 e. The van der Waals surface area contributed by atoms with E-state index in [0.29, 0.717) is 5.92 Å². The second-order valence-electron chi connectivity index (χ2n) is 7.95. The van der Waals surface area contributed by atoms with Crippen LogP contribution >= 0.6 is 24.0 Å². The van der Waals surface area contributed by atoms with Crippen molar-refractivity contribution in [2.24, 2.45) is 10.9 Å². The fourth-order valence-corrected chi connectivity index (χ4v) is 3.84. The molecule has 8 heteroatoms. The van der Waals surface area contributed by atoms with E-state index in [1.54, 1.807) is 14.2 Å². The number of guanidine groups is 1. The van der Waals surface area contributed by atoms with Crippen molar-refractivity contribution in [3.05, 3.63) is 23.3 Å². The Morgan fingerprint density at radius 3 is 2.32 bits per heavy atom. The average molecular weight is 549 g/mol. The molecule has 1 aromatic carbocycles. The molecular formula is C23H41IN4O3. The van der Waals surface area contributed by atoms with E-state index in [1.807, 2.05) is 7.05 Å². The van der Waals surface area contributed by atoms with Gasteiger partial charge in [-0.05, 0) is 48.9 Å². The van der Waals surface area contributed by atoms with E-state index in [1.165, 1.54) is 11.1 Å². The first-order valence-corrected chi connectivity index (χ1v) is 11.0. The van der Waals surface area contributed by atoms with Crippen molar-refractivity contribution >= 4 is 29.9 Å². The maximum absolute atomic E-state index is 5.82. The first-order valence-electron chi connectivity index (χ1n) is 11.0. The minimum atomic E-state index is 0. The number of nitrogens with one attached hydrogen (secondary N) is 2. The Kier molecular flexibility index (Phi) is 13.2. The van der Waals surface area contributed by atoms with Gasteiger partial charge in [-0.25, -0.2) is 0 Å². The molecule has 1 aromatic rings. The van der Waals surface area contributed by atoms with Crippen molar-refractivity contribution in [1.29, 1.82) is 0 Å². The van der Waals surface area contributed by atoms with E-state index in [0.717, 1.165) is 69.6 Å². The van der Waals surface area contributed by atoms with Crippen molar-refractivity contribution in [2.45, 2.75) is 46.3 Å². The Balaban J connectivity index is 0.00000480. The summed E-state index contributed by atoms with van der Waals surface area (Å²) in [7, 11) is 5.19. The Bertz CT molecular complexity index is 685. The SMILES string of the molecule is CCOC(CCNC(=NC)NCCN1CCc2cc(OC)c(OC)cc2C1)C(C)C.I. The van der Waals surface area contributed by atoms with Crippen molar-refractivity contribution in [3.8, 4) is 11.5 Å². The van der Waals surface area contributed by atoms with Crippen LogP contribution in [-0.4, -0.2) is 71.0 Å². The van der Waals surface area contributed by atoms with Crippen molar-refractivity contribution in [2.75, 3.05) is 54.1 Å². The summed E-state index contributed by atoms with van der Waals surface area (Å²) in [5.74, 6) is 2.97. The molecule has 31 heavy (non-hydrogen) atoms. The van der Waals surface area contributed by atoms with Crippen LogP contribution in [0.3, 0.4) is 0 Å². The maximum Gasteiger partial charge on any atom is 0.191 e. The summed E-state index contributed by atoms with van der Waals surface area (Å²) >= 11 is 0. The molecule has 1 aliphatic heterocycles. The van der Waals surface area contributed by atoms with Crippen molar-refractivity contribution < 1.29 is 14.2 Å². The molecule has 2 N–H and O–H groups in total. The molecule has 178 valence electrons. The number of halogens is 1. The van der Waals surface area contributed by atoms with E-state index in [9.17, 15) is 0 Å². The van der Waals surface area contributed by atoms with Gasteiger partial charge < -0.3 is 24.8 Å². The van der Waals surface area contributed by atoms with Gasteiger partial charge in [-0.2, -0.15) is 0 Å². The van der Waals surface area contributed by atoms with Crippen LogP contribution in [0, 0.1) is 5.92 Å². The van der Waals surface area contributed by atoms with Gasteiger partial charge in [-0.15, -0.1) is 24.0 Å². The van der Waals surface area contributed by atoms with Gasteiger partial charge >= 0.3 is 0 Å². The zero-order valence-corrected chi connectivity index (χ0v) is 22.3.